The van der Waals surface area contributed by atoms with Gasteiger partial charge in [0.25, 0.3) is 0 Å². The molecule has 0 aliphatic heterocycles. The number of H-pyrrole nitrogens is 1. The molecule has 0 aromatic carbocycles. The summed E-state index contributed by atoms with van der Waals surface area (Å²) in [5.74, 6) is 0.0405. The Labute approximate surface area is 70.5 Å². The second kappa shape index (κ2) is 5.08. The lowest BCUT2D eigenvalue weighted by molar-refractivity contribution is 1.09. The van der Waals surface area contributed by atoms with Crippen LogP contribution in [0.2, 0.25) is 0 Å². The van der Waals surface area contributed by atoms with Gasteiger partial charge in [-0.1, -0.05) is 0 Å². The van der Waals surface area contributed by atoms with Gasteiger partial charge in [0.05, 0.1) is 11.8 Å². The normalized spacial score (nSPS) is 7.20. The standard InChI is InChI=1S/C4H6N4.2ClH/c5-4(6)3-1-7-8-2-3;;/h1-2H,(H3,5,6)(H,7,8);2*1H. The van der Waals surface area contributed by atoms with E-state index in [4.69, 9.17) is 11.1 Å². The van der Waals surface area contributed by atoms with Crippen molar-refractivity contribution in [3.8, 4) is 0 Å². The fourth-order valence-corrected chi connectivity index (χ4v) is 0.398. The molecule has 4 N–H and O–H groups in total. The van der Waals surface area contributed by atoms with Crippen LogP contribution in [0, 0.1) is 5.41 Å². The van der Waals surface area contributed by atoms with Gasteiger partial charge in [-0.3, -0.25) is 10.5 Å². The van der Waals surface area contributed by atoms with Crippen LogP contribution in [-0.2, 0) is 0 Å². The van der Waals surface area contributed by atoms with Crippen LogP contribution < -0.4 is 5.73 Å². The van der Waals surface area contributed by atoms with Crippen molar-refractivity contribution in [2.45, 2.75) is 0 Å². The molecule has 4 nitrogen and oxygen atoms in total. The highest BCUT2D eigenvalue weighted by Crippen LogP contribution is 1.88. The number of hydrogen-bond donors (Lipinski definition) is 3. The molecule has 6 heteroatoms. The summed E-state index contributed by atoms with van der Waals surface area (Å²) < 4.78 is 0. The minimum Gasteiger partial charge on any atom is -0.384 e. The maximum absolute atomic E-state index is 6.87. The number of halogens is 2. The van der Waals surface area contributed by atoms with Crippen molar-refractivity contribution >= 4 is 30.6 Å². The summed E-state index contributed by atoms with van der Waals surface area (Å²) in [7, 11) is 0. The highest BCUT2D eigenvalue weighted by molar-refractivity contribution is 5.94. The highest BCUT2D eigenvalue weighted by atomic mass is 35.5. The van der Waals surface area contributed by atoms with E-state index < -0.39 is 0 Å². The molecule has 0 atom stereocenters. The van der Waals surface area contributed by atoms with E-state index >= 15 is 0 Å². The summed E-state index contributed by atoms with van der Waals surface area (Å²) in [6.45, 7) is 0. The van der Waals surface area contributed by atoms with E-state index in [1.54, 1.807) is 6.20 Å². The maximum atomic E-state index is 6.87. The van der Waals surface area contributed by atoms with Crippen LogP contribution in [0.25, 0.3) is 0 Å². The highest BCUT2D eigenvalue weighted by Gasteiger charge is 1.92. The molecule has 0 saturated heterocycles. The Morgan fingerprint density at radius 2 is 2.20 bits per heavy atom. The minimum atomic E-state index is 0. The predicted molar refractivity (Wildman–Crippen MR) is 44.1 cm³/mol. The van der Waals surface area contributed by atoms with Gasteiger partial charge in [-0.15, -0.1) is 24.8 Å². The molecule has 1 aromatic heterocycles. The Bertz CT molecular complexity index is 183. The first-order valence-corrected chi connectivity index (χ1v) is 2.14. The van der Waals surface area contributed by atoms with Crippen molar-refractivity contribution < 1.29 is 0 Å². The molecule has 0 fully saturated rings. The zero-order chi connectivity index (χ0) is 5.98. The summed E-state index contributed by atoms with van der Waals surface area (Å²) in [6, 6.07) is 0. The average Bonchev–Trinajstić information content (AvgIpc) is 2.12. The first-order chi connectivity index (χ1) is 3.80. The van der Waals surface area contributed by atoms with Crippen molar-refractivity contribution in [3.63, 3.8) is 0 Å². The van der Waals surface area contributed by atoms with E-state index in [2.05, 4.69) is 10.2 Å². The quantitative estimate of drug-likeness (QED) is 0.438. The number of nitrogen functional groups attached to an aromatic ring is 1. The Hall–Kier alpha value is -0.740. The molecule has 0 bridgehead atoms. The van der Waals surface area contributed by atoms with Gasteiger partial charge < -0.3 is 5.73 Å². The SMILES string of the molecule is Cl.Cl.N=C(N)c1cn[nH]c1. The number of rotatable bonds is 1. The molecule has 0 saturated carbocycles. The summed E-state index contributed by atoms with van der Waals surface area (Å²) in [6.07, 6.45) is 3.07. The van der Waals surface area contributed by atoms with Crippen molar-refractivity contribution in [2.75, 3.05) is 0 Å². The minimum absolute atomic E-state index is 0. The maximum Gasteiger partial charge on any atom is 0.125 e. The first kappa shape index (κ1) is 12.0. The summed E-state index contributed by atoms with van der Waals surface area (Å²) in [5, 5.41) is 13.0. The second-order valence-corrected chi connectivity index (χ2v) is 1.40. The number of nitrogens with two attached hydrogens (primary N) is 1. The molecule has 0 amide bonds. The third kappa shape index (κ3) is 2.70. The molecule has 1 aromatic rings. The Balaban J connectivity index is 0. The smallest absolute Gasteiger partial charge is 0.125 e. The fraction of sp³-hybridized carbons (Fsp3) is 0. The molecule has 0 aliphatic rings. The zero-order valence-electron chi connectivity index (χ0n) is 5.00. The molecule has 58 valence electrons. The van der Waals surface area contributed by atoms with Crippen molar-refractivity contribution in [1.29, 1.82) is 5.41 Å². The van der Waals surface area contributed by atoms with Crippen LogP contribution in [-0.4, -0.2) is 16.0 Å². The first-order valence-electron chi connectivity index (χ1n) is 2.14. The summed E-state index contributed by atoms with van der Waals surface area (Å²) in [5.41, 5.74) is 5.71. The van der Waals surface area contributed by atoms with Gasteiger partial charge in [0.15, 0.2) is 0 Å². The molecule has 0 aliphatic carbocycles. The number of hydrogen-bond acceptors (Lipinski definition) is 2. The van der Waals surface area contributed by atoms with E-state index in [-0.39, 0.29) is 30.6 Å². The van der Waals surface area contributed by atoms with Crippen LogP contribution in [0.1, 0.15) is 5.56 Å². The van der Waals surface area contributed by atoms with E-state index in [0.717, 1.165) is 0 Å². The fourth-order valence-electron chi connectivity index (χ4n) is 0.398. The summed E-state index contributed by atoms with van der Waals surface area (Å²) in [4.78, 5) is 0. The number of nitrogens with zero attached hydrogens (tertiary/aromatic N) is 1. The van der Waals surface area contributed by atoms with E-state index in [1.807, 2.05) is 0 Å². The third-order valence-electron chi connectivity index (χ3n) is 0.809. The van der Waals surface area contributed by atoms with Gasteiger partial charge in [0.1, 0.15) is 5.84 Å². The topological polar surface area (TPSA) is 78.6 Å². The lowest BCUT2D eigenvalue weighted by atomic mass is 10.3. The number of nitrogens with one attached hydrogen (secondary N) is 2. The Morgan fingerprint density at radius 3 is 2.40 bits per heavy atom. The molecule has 0 unspecified atom stereocenters. The molecule has 0 spiro atoms. The van der Waals surface area contributed by atoms with Gasteiger partial charge >= 0.3 is 0 Å². The van der Waals surface area contributed by atoms with Crippen molar-refractivity contribution in [1.82, 2.24) is 10.2 Å². The zero-order valence-corrected chi connectivity index (χ0v) is 6.63. The van der Waals surface area contributed by atoms with Crippen LogP contribution in [0.4, 0.5) is 0 Å². The average molecular weight is 183 g/mol. The van der Waals surface area contributed by atoms with Gasteiger partial charge in [0.2, 0.25) is 0 Å². The molecule has 1 heterocycles. The number of aromatic nitrogens is 2. The van der Waals surface area contributed by atoms with Gasteiger partial charge in [0, 0.05) is 6.20 Å². The lowest BCUT2D eigenvalue weighted by Gasteiger charge is -1.83. The van der Waals surface area contributed by atoms with Crippen LogP contribution in [0.15, 0.2) is 12.4 Å². The van der Waals surface area contributed by atoms with Gasteiger partial charge in [-0.25, -0.2) is 0 Å². The van der Waals surface area contributed by atoms with Crippen LogP contribution in [0.3, 0.4) is 0 Å². The van der Waals surface area contributed by atoms with Gasteiger partial charge in [-0.2, -0.15) is 5.10 Å². The largest absolute Gasteiger partial charge is 0.384 e. The monoisotopic (exact) mass is 182 g/mol. The second-order valence-electron chi connectivity index (χ2n) is 1.40. The Morgan fingerprint density at radius 1 is 1.60 bits per heavy atom. The van der Waals surface area contributed by atoms with E-state index in [1.165, 1.54) is 6.20 Å². The van der Waals surface area contributed by atoms with Crippen molar-refractivity contribution in [3.05, 3.63) is 18.0 Å². The van der Waals surface area contributed by atoms with E-state index in [0.29, 0.717) is 5.56 Å². The lowest BCUT2D eigenvalue weighted by Crippen LogP contribution is -2.09. The molecular weight excluding hydrogens is 175 g/mol. The molecular formula is C4H8Cl2N4. The third-order valence-corrected chi connectivity index (χ3v) is 0.809. The molecule has 1 rings (SSSR count). The predicted octanol–water partition coefficient (Wildman–Crippen LogP) is 0.537. The summed E-state index contributed by atoms with van der Waals surface area (Å²) >= 11 is 0. The Kier molecular flexibility index (Phi) is 6.09. The number of aromatic amines is 1. The van der Waals surface area contributed by atoms with E-state index in [9.17, 15) is 0 Å². The van der Waals surface area contributed by atoms with Gasteiger partial charge in [-0.05, 0) is 0 Å². The molecule has 0 radical (unpaired) electrons. The molecule has 10 heavy (non-hydrogen) atoms. The van der Waals surface area contributed by atoms with Crippen molar-refractivity contribution in [2.24, 2.45) is 5.73 Å². The van der Waals surface area contributed by atoms with Crippen LogP contribution in [0.5, 0.6) is 0 Å². The van der Waals surface area contributed by atoms with Crippen LogP contribution >= 0.6 is 24.8 Å². The number of amidine groups is 1.